The van der Waals surface area contributed by atoms with Crippen molar-refractivity contribution in [1.82, 2.24) is 23.9 Å². The molecule has 0 radical (unpaired) electrons. The minimum absolute atomic E-state index is 0.165. The van der Waals surface area contributed by atoms with Crippen molar-refractivity contribution in [3.05, 3.63) is 65.9 Å². The van der Waals surface area contributed by atoms with Crippen LogP contribution in [0.25, 0.3) is 22.5 Å². The zero-order valence-electron chi connectivity index (χ0n) is 14.4. The summed E-state index contributed by atoms with van der Waals surface area (Å²) in [6.45, 7) is 4.02. The molecule has 1 aromatic carbocycles. The van der Waals surface area contributed by atoms with Gasteiger partial charge in [0.15, 0.2) is 5.65 Å². The van der Waals surface area contributed by atoms with Crippen LogP contribution >= 0.6 is 0 Å². The van der Waals surface area contributed by atoms with Crippen molar-refractivity contribution in [2.24, 2.45) is 0 Å². The number of ether oxygens (including phenoxy) is 1. The maximum Gasteiger partial charge on any atom is 0.270 e. The molecule has 0 fully saturated rings. The number of fused-ring (bicyclic) bond motifs is 3. The molecule has 0 aliphatic heterocycles. The molecule has 3 heterocycles. The summed E-state index contributed by atoms with van der Waals surface area (Å²) in [6.07, 6.45) is 7.83. The van der Waals surface area contributed by atoms with Crippen LogP contribution in [0.4, 0.5) is 0 Å². The number of rotatable bonds is 5. The molecule has 0 aliphatic rings. The molecule has 1 unspecified atom stereocenters. The Hall–Kier alpha value is -3.33. The smallest absolute Gasteiger partial charge is 0.270 e. The average molecular weight is 381 g/mol. The highest BCUT2D eigenvalue weighted by Crippen LogP contribution is 2.18. The summed E-state index contributed by atoms with van der Waals surface area (Å²) in [7, 11) is -1.36. The van der Waals surface area contributed by atoms with E-state index in [-0.39, 0.29) is 10.7 Å². The molecule has 0 saturated carbocycles. The minimum atomic E-state index is -1.36. The van der Waals surface area contributed by atoms with Crippen LogP contribution in [0.2, 0.25) is 0 Å². The molecule has 0 amide bonds. The fourth-order valence-electron chi connectivity index (χ4n) is 2.75. The second-order valence-corrected chi connectivity index (χ2v) is 6.95. The molecule has 27 heavy (non-hydrogen) atoms. The predicted molar refractivity (Wildman–Crippen MR) is 102 cm³/mol. The molecule has 136 valence electrons. The summed E-state index contributed by atoms with van der Waals surface area (Å²) in [6, 6.07) is 7.09. The van der Waals surface area contributed by atoms with E-state index in [2.05, 4.69) is 21.5 Å². The molecule has 0 aliphatic carbocycles. The third-order valence-electron chi connectivity index (χ3n) is 3.95. The topological polar surface area (TPSA) is 91.4 Å². The van der Waals surface area contributed by atoms with Crippen molar-refractivity contribution in [2.45, 2.75) is 5.16 Å². The zero-order chi connectivity index (χ0) is 19.0. The van der Waals surface area contributed by atoms with Crippen molar-refractivity contribution in [1.29, 1.82) is 0 Å². The van der Waals surface area contributed by atoms with E-state index < -0.39 is 10.8 Å². The number of aromatic nitrogens is 5. The first-order chi connectivity index (χ1) is 13.1. The van der Waals surface area contributed by atoms with Crippen molar-refractivity contribution < 1.29 is 8.95 Å². The average Bonchev–Trinajstić information content (AvgIpc) is 3.16. The summed E-state index contributed by atoms with van der Waals surface area (Å²) in [5, 5.41) is 0.472. The third kappa shape index (κ3) is 2.91. The second kappa shape index (κ2) is 6.76. The fraction of sp³-hybridized carbons (Fsp3) is 0.111. The van der Waals surface area contributed by atoms with Crippen LogP contribution in [0.1, 0.15) is 0 Å². The van der Waals surface area contributed by atoms with Crippen LogP contribution < -0.4 is 10.3 Å². The van der Waals surface area contributed by atoms with Gasteiger partial charge in [-0.15, -0.1) is 0 Å². The standard InChI is InChI=1S/C18H15N5O3S/c1-3-10-26-13-6-4-12(5-7-13)23-16(24)14-11-20-17(27(2)25)21-15(14)22-9-8-19-18(22)23/h3-9,11H,1,10H2,2H3. The van der Waals surface area contributed by atoms with Gasteiger partial charge in [0, 0.05) is 24.8 Å². The number of nitrogens with zero attached hydrogens (tertiary/aromatic N) is 5. The Morgan fingerprint density at radius 3 is 2.74 bits per heavy atom. The van der Waals surface area contributed by atoms with Crippen LogP contribution in [0.5, 0.6) is 5.75 Å². The monoisotopic (exact) mass is 381 g/mol. The Kier molecular flexibility index (Phi) is 4.28. The maximum absolute atomic E-state index is 13.1. The quantitative estimate of drug-likeness (QED) is 0.386. The van der Waals surface area contributed by atoms with Gasteiger partial charge < -0.3 is 4.74 Å². The highest BCUT2D eigenvalue weighted by atomic mass is 32.2. The lowest BCUT2D eigenvalue weighted by molar-refractivity contribution is 0.363. The van der Waals surface area contributed by atoms with E-state index in [1.54, 1.807) is 47.1 Å². The molecule has 4 rings (SSSR count). The van der Waals surface area contributed by atoms with E-state index in [0.717, 1.165) is 0 Å². The van der Waals surface area contributed by atoms with Crippen LogP contribution in [0.3, 0.4) is 0 Å². The van der Waals surface area contributed by atoms with Crippen LogP contribution in [0, 0.1) is 0 Å². The molecule has 1 atom stereocenters. The molecule has 0 bridgehead atoms. The largest absolute Gasteiger partial charge is 0.490 e. The lowest BCUT2D eigenvalue weighted by Crippen LogP contribution is -2.22. The van der Waals surface area contributed by atoms with E-state index >= 15 is 0 Å². The summed E-state index contributed by atoms with van der Waals surface area (Å²) in [5.74, 6) is 1.07. The van der Waals surface area contributed by atoms with Crippen molar-refractivity contribution in [3.8, 4) is 11.4 Å². The number of hydrogen-bond donors (Lipinski definition) is 0. The highest BCUT2D eigenvalue weighted by Gasteiger charge is 2.16. The first-order valence-electron chi connectivity index (χ1n) is 8.02. The normalized spacial score (nSPS) is 12.3. The van der Waals surface area contributed by atoms with Gasteiger partial charge in [0.1, 0.15) is 17.7 Å². The summed E-state index contributed by atoms with van der Waals surface area (Å²) < 4.78 is 20.3. The molecule has 0 N–H and O–H groups in total. The molecule has 0 saturated heterocycles. The Bertz CT molecular complexity index is 1240. The third-order valence-corrected chi connectivity index (χ3v) is 4.66. The van der Waals surface area contributed by atoms with Crippen molar-refractivity contribution in [2.75, 3.05) is 12.9 Å². The van der Waals surface area contributed by atoms with Gasteiger partial charge in [-0.1, -0.05) is 12.7 Å². The van der Waals surface area contributed by atoms with Gasteiger partial charge in [-0.25, -0.2) is 19.5 Å². The zero-order valence-corrected chi connectivity index (χ0v) is 15.2. The Labute approximate surface area is 156 Å². The molecule has 9 heteroatoms. The Morgan fingerprint density at radius 1 is 1.26 bits per heavy atom. The van der Waals surface area contributed by atoms with Crippen molar-refractivity contribution >= 4 is 27.6 Å². The Morgan fingerprint density at radius 2 is 2.04 bits per heavy atom. The Balaban J connectivity index is 1.95. The van der Waals surface area contributed by atoms with Gasteiger partial charge in [0.05, 0.1) is 16.5 Å². The van der Waals surface area contributed by atoms with Crippen LogP contribution in [-0.4, -0.2) is 41.0 Å². The summed E-state index contributed by atoms with van der Waals surface area (Å²) >= 11 is 0. The second-order valence-electron chi connectivity index (χ2n) is 5.68. The molecule has 8 nitrogen and oxygen atoms in total. The van der Waals surface area contributed by atoms with Crippen molar-refractivity contribution in [3.63, 3.8) is 0 Å². The number of hydrogen-bond acceptors (Lipinski definition) is 6. The van der Waals surface area contributed by atoms with Gasteiger partial charge >= 0.3 is 0 Å². The molecular formula is C18H15N5O3S. The minimum Gasteiger partial charge on any atom is -0.490 e. The fourth-order valence-corrected chi connectivity index (χ4v) is 3.16. The van der Waals surface area contributed by atoms with Gasteiger partial charge in [-0.05, 0) is 24.3 Å². The first kappa shape index (κ1) is 17.1. The van der Waals surface area contributed by atoms with Gasteiger partial charge in [-0.3, -0.25) is 13.4 Å². The van der Waals surface area contributed by atoms with E-state index in [1.165, 1.54) is 17.0 Å². The van der Waals surface area contributed by atoms with Crippen LogP contribution in [-0.2, 0) is 10.8 Å². The molecule has 4 aromatic rings. The number of imidazole rings is 1. The van der Waals surface area contributed by atoms with E-state index in [9.17, 15) is 9.00 Å². The van der Waals surface area contributed by atoms with Gasteiger partial charge in [0.2, 0.25) is 10.9 Å². The lowest BCUT2D eigenvalue weighted by Gasteiger charge is -2.11. The predicted octanol–water partition coefficient (Wildman–Crippen LogP) is 1.73. The van der Waals surface area contributed by atoms with Gasteiger partial charge in [0.25, 0.3) is 5.56 Å². The first-order valence-corrected chi connectivity index (χ1v) is 9.58. The van der Waals surface area contributed by atoms with E-state index in [4.69, 9.17) is 4.74 Å². The molecular weight excluding hydrogens is 366 g/mol. The molecule has 3 aromatic heterocycles. The van der Waals surface area contributed by atoms with E-state index in [0.29, 0.717) is 34.9 Å². The van der Waals surface area contributed by atoms with Crippen LogP contribution in [0.15, 0.2) is 65.5 Å². The SMILES string of the molecule is C=CCOc1ccc(-n2c(=O)c3cnc(S(C)=O)nc3n3ccnc23)cc1. The number of benzene rings is 1. The highest BCUT2D eigenvalue weighted by molar-refractivity contribution is 7.84. The van der Waals surface area contributed by atoms with Gasteiger partial charge in [-0.2, -0.15) is 0 Å². The molecule has 0 spiro atoms. The van der Waals surface area contributed by atoms with E-state index in [1.807, 2.05) is 0 Å². The maximum atomic E-state index is 13.1. The lowest BCUT2D eigenvalue weighted by atomic mass is 10.3. The summed E-state index contributed by atoms with van der Waals surface area (Å²) in [5.41, 5.74) is 0.693. The summed E-state index contributed by atoms with van der Waals surface area (Å²) in [4.78, 5) is 25.7.